The number of thiazole rings is 1. The summed E-state index contributed by atoms with van der Waals surface area (Å²) in [6.07, 6.45) is 1.88. The molecule has 0 spiro atoms. The van der Waals surface area contributed by atoms with E-state index in [1.54, 1.807) is 5.01 Å². The van der Waals surface area contributed by atoms with Crippen molar-refractivity contribution >= 4 is 32.6 Å². The molecule has 4 rings (SSSR count). The Morgan fingerprint density at radius 3 is 2.56 bits per heavy atom. The molecule has 5 nitrogen and oxygen atoms in total. The monoisotopic (exact) mass is 350 g/mol. The molecule has 1 aliphatic rings. The van der Waals surface area contributed by atoms with Crippen LogP contribution < -0.4 is 10.4 Å². The van der Waals surface area contributed by atoms with Crippen LogP contribution in [0.4, 0.5) is 5.13 Å². The SMILES string of the molecule is CN(C)C=C1C(=O)N(c2nc3ccccc3s2)NC1c1ccccc1. The van der Waals surface area contributed by atoms with Crippen molar-refractivity contribution in [2.45, 2.75) is 6.04 Å². The molecule has 1 N–H and O–H groups in total. The lowest BCUT2D eigenvalue weighted by Crippen LogP contribution is -2.35. The number of hydrogen-bond donors (Lipinski definition) is 1. The Hall–Kier alpha value is -2.70. The Labute approximate surface area is 150 Å². The quantitative estimate of drug-likeness (QED) is 0.736. The van der Waals surface area contributed by atoms with E-state index < -0.39 is 0 Å². The van der Waals surface area contributed by atoms with Crippen molar-refractivity contribution in [2.75, 3.05) is 19.1 Å². The number of nitrogens with zero attached hydrogens (tertiary/aromatic N) is 3. The van der Waals surface area contributed by atoms with Gasteiger partial charge < -0.3 is 4.90 Å². The van der Waals surface area contributed by atoms with E-state index in [2.05, 4.69) is 10.4 Å². The highest BCUT2D eigenvalue weighted by Gasteiger charge is 2.38. The molecule has 0 radical (unpaired) electrons. The number of hydrogen-bond acceptors (Lipinski definition) is 5. The number of carbonyl (C=O) groups is 1. The highest BCUT2D eigenvalue weighted by Crippen LogP contribution is 2.35. The van der Waals surface area contributed by atoms with Crippen molar-refractivity contribution < 1.29 is 4.79 Å². The molecule has 1 fully saturated rings. The topological polar surface area (TPSA) is 48.5 Å². The molecule has 6 heteroatoms. The summed E-state index contributed by atoms with van der Waals surface area (Å²) >= 11 is 1.51. The van der Waals surface area contributed by atoms with E-state index in [-0.39, 0.29) is 11.9 Å². The Bertz CT molecular complexity index is 915. The predicted octanol–water partition coefficient (Wildman–Crippen LogP) is 3.33. The number of aromatic nitrogens is 1. The highest BCUT2D eigenvalue weighted by atomic mass is 32.1. The lowest BCUT2D eigenvalue weighted by Gasteiger charge is -2.15. The van der Waals surface area contributed by atoms with Crippen LogP contribution in [0.25, 0.3) is 10.2 Å². The fourth-order valence-corrected chi connectivity index (χ4v) is 3.85. The van der Waals surface area contributed by atoms with E-state index in [1.165, 1.54) is 11.3 Å². The summed E-state index contributed by atoms with van der Waals surface area (Å²) in [7, 11) is 3.84. The predicted molar refractivity (Wildman–Crippen MR) is 101 cm³/mol. The second-order valence-corrected chi connectivity index (χ2v) is 7.13. The molecule has 1 unspecified atom stereocenters. The smallest absolute Gasteiger partial charge is 0.274 e. The number of amides is 1. The van der Waals surface area contributed by atoms with Gasteiger partial charge >= 0.3 is 0 Å². The molecular weight excluding hydrogens is 332 g/mol. The first-order chi connectivity index (χ1) is 12.1. The third-order valence-corrected chi connectivity index (χ3v) is 5.04. The summed E-state index contributed by atoms with van der Waals surface area (Å²) in [6.45, 7) is 0. The first-order valence-electron chi connectivity index (χ1n) is 8.03. The number of hydrazine groups is 1. The van der Waals surface area contributed by atoms with Crippen LogP contribution in [-0.4, -0.2) is 29.9 Å². The van der Waals surface area contributed by atoms with Crippen LogP contribution in [-0.2, 0) is 4.79 Å². The maximum atomic E-state index is 13.0. The Balaban J connectivity index is 1.76. The van der Waals surface area contributed by atoms with Gasteiger partial charge in [0.05, 0.1) is 21.8 Å². The third-order valence-electron chi connectivity index (χ3n) is 4.02. The second-order valence-electron chi connectivity index (χ2n) is 6.13. The Morgan fingerprint density at radius 1 is 1.12 bits per heavy atom. The fraction of sp³-hybridized carbons (Fsp3) is 0.158. The van der Waals surface area contributed by atoms with E-state index in [0.29, 0.717) is 10.7 Å². The molecule has 1 saturated heterocycles. The van der Waals surface area contributed by atoms with Gasteiger partial charge in [0.25, 0.3) is 5.91 Å². The summed E-state index contributed by atoms with van der Waals surface area (Å²) in [4.78, 5) is 19.5. The summed E-state index contributed by atoms with van der Waals surface area (Å²) in [5, 5.41) is 2.23. The highest BCUT2D eigenvalue weighted by molar-refractivity contribution is 7.22. The minimum absolute atomic E-state index is 0.0680. The second kappa shape index (κ2) is 6.31. The van der Waals surface area contributed by atoms with Crippen molar-refractivity contribution in [1.82, 2.24) is 15.3 Å². The van der Waals surface area contributed by atoms with Gasteiger partial charge in [-0.3, -0.25) is 4.79 Å². The summed E-state index contributed by atoms with van der Waals surface area (Å²) < 4.78 is 1.06. The average molecular weight is 350 g/mol. The van der Waals surface area contributed by atoms with Crippen molar-refractivity contribution in [1.29, 1.82) is 0 Å². The van der Waals surface area contributed by atoms with Gasteiger partial charge in [0.15, 0.2) is 0 Å². The maximum Gasteiger partial charge on any atom is 0.274 e. The Kier molecular flexibility index (Phi) is 3.99. The largest absolute Gasteiger partial charge is 0.383 e. The van der Waals surface area contributed by atoms with Gasteiger partial charge in [-0.1, -0.05) is 53.8 Å². The lowest BCUT2D eigenvalue weighted by atomic mass is 10.0. The third kappa shape index (κ3) is 2.90. The van der Waals surface area contributed by atoms with E-state index in [9.17, 15) is 4.79 Å². The van der Waals surface area contributed by atoms with Crippen LogP contribution in [0.15, 0.2) is 66.4 Å². The van der Waals surface area contributed by atoms with Gasteiger partial charge in [0.2, 0.25) is 5.13 Å². The number of carbonyl (C=O) groups excluding carboxylic acids is 1. The van der Waals surface area contributed by atoms with Crippen LogP contribution in [0, 0.1) is 0 Å². The fourth-order valence-electron chi connectivity index (χ4n) is 2.92. The molecule has 0 aliphatic carbocycles. The van der Waals surface area contributed by atoms with Gasteiger partial charge in [-0.05, 0) is 17.7 Å². The first-order valence-corrected chi connectivity index (χ1v) is 8.84. The van der Waals surface area contributed by atoms with E-state index in [0.717, 1.165) is 15.8 Å². The van der Waals surface area contributed by atoms with Crippen LogP contribution >= 0.6 is 11.3 Å². The molecule has 1 atom stereocenters. The normalized spacial score (nSPS) is 19.1. The summed E-state index contributed by atoms with van der Waals surface area (Å²) in [5.41, 5.74) is 5.98. The molecular formula is C19H18N4OS. The molecule has 3 aromatic rings. The van der Waals surface area contributed by atoms with E-state index in [1.807, 2.05) is 79.8 Å². The van der Waals surface area contributed by atoms with Crippen molar-refractivity contribution in [3.8, 4) is 0 Å². The van der Waals surface area contributed by atoms with Crippen molar-refractivity contribution in [3.63, 3.8) is 0 Å². The van der Waals surface area contributed by atoms with Gasteiger partial charge in [-0.15, -0.1) is 0 Å². The standard InChI is InChI=1S/C19H18N4OS/c1-22(2)12-14-17(13-8-4-3-5-9-13)21-23(18(14)24)19-20-15-10-6-7-11-16(15)25-19/h3-12,17,21H,1-2H3. The number of rotatable bonds is 3. The van der Waals surface area contributed by atoms with Gasteiger partial charge in [0.1, 0.15) is 0 Å². The summed E-state index contributed by atoms with van der Waals surface area (Å²) in [6, 6.07) is 17.7. The molecule has 0 saturated carbocycles. The number of fused-ring (bicyclic) bond motifs is 1. The number of anilines is 1. The molecule has 0 bridgehead atoms. The van der Waals surface area contributed by atoms with Crippen LogP contribution in [0.1, 0.15) is 11.6 Å². The lowest BCUT2D eigenvalue weighted by molar-refractivity contribution is -0.114. The first kappa shape index (κ1) is 15.8. The van der Waals surface area contributed by atoms with Crippen molar-refractivity contribution in [3.05, 3.63) is 71.9 Å². The van der Waals surface area contributed by atoms with Crippen molar-refractivity contribution in [2.24, 2.45) is 0 Å². The molecule has 1 amide bonds. The summed E-state index contributed by atoms with van der Waals surface area (Å²) in [5.74, 6) is -0.0680. The number of benzene rings is 2. The van der Waals surface area contributed by atoms with Crippen LogP contribution in [0.3, 0.4) is 0 Å². The molecule has 126 valence electrons. The van der Waals surface area contributed by atoms with E-state index in [4.69, 9.17) is 0 Å². The average Bonchev–Trinajstić information content (AvgIpc) is 3.17. The Morgan fingerprint density at radius 2 is 1.84 bits per heavy atom. The molecule has 1 aromatic heterocycles. The molecule has 25 heavy (non-hydrogen) atoms. The van der Waals surface area contributed by atoms with Crippen LogP contribution in [0.2, 0.25) is 0 Å². The molecule has 2 heterocycles. The van der Waals surface area contributed by atoms with Gasteiger partial charge in [-0.25, -0.2) is 15.4 Å². The zero-order chi connectivity index (χ0) is 17.4. The number of nitrogens with one attached hydrogen (secondary N) is 1. The zero-order valence-corrected chi connectivity index (χ0v) is 14.8. The molecule has 2 aromatic carbocycles. The number of para-hydroxylation sites is 1. The molecule has 1 aliphatic heterocycles. The van der Waals surface area contributed by atoms with Gasteiger partial charge in [0, 0.05) is 20.3 Å². The van der Waals surface area contributed by atoms with Crippen LogP contribution in [0.5, 0.6) is 0 Å². The zero-order valence-electron chi connectivity index (χ0n) is 14.0. The minimum Gasteiger partial charge on any atom is -0.383 e. The van der Waals surface area contributed by atoms with E-state index >= 15 is 0 Å². The van der Waals surface area contributed by atoms with Gasteiger partial charge in [-0.2, -0.15) is 0 Å². The maximum absolute atomic E-state index is 13.0. The minimum atomic E-state index is -0.192.